The van der Waals surface area contributed by atoms with Gasteiger partial charge >= 0.3 is 0 Å². The minimum atomic E-state index is 0.841. The molecular formula is C18H28. The molecule has 0 bridgehead atoms. The van der Waals surface area contributed by atoms with Crippen molar-refractivity contribution in [1.82, 2.24) is 0 Å². The van der Waals surface area contributed by atoms with E-state index in [0.29, 0.717) is 0 Å². The number of hydrogen-bond acceptors (Lipinski definition) is 0. The van der Waals surface area contributed by atoms with Crippen LogP contribution in [0.3, 0.4) is 0 Å². The van der Waals surface area contributed by atoms with Crippen LogP contribution in [0, 0.1) is 5.92 Å². The van der Waals surface area contributed by atoms with E-state index in [-0.39, 0.29) is 0 Å². The first-order valence-electron chi connectivity index (χ1n) is 7.92. The molecule has 1 aromatic rings. The predicted octanol–water partition coefficient (Wildman–Crippen LogP) is 5.71. The van der Waals surface area contributed by atoms with E-state index in [0.717, 1.165) is 18.3 Å². The van der Waals surface area contributed by atoms with Gasteiger partial charge in [-0.15, -0.1) is 0 Å². The van der Waals surface area contributed by atoms with Gasteiger partial charge < -0.3 is 0 Å². The number of unbranched alkanes of at least 4 members (excludes halogenated alkanes) is 1. The molecule has 2 rings (SSSR count). The second-order valence-corrected chi connectivity index (χ2v) is 5.96. The molecule has 0 atom stereocenters. The van der Waals surface area contributed by atoms with Crippen molar-refractivity contribution in [2.24, 2.45) is 5.92 Å². The standard InChI is InChI=1S/C18H28/c1-3-5-6-16-9-13-18(14-10-16)17-11-7-15(4-2)8-12-17/h7-8,11-12,16,18H,3-6,9-10,13-14H2,1-2H3/t16-,18+. The van der Waals surface area contributed by atoms with Crippen molar-refractivity contribution in [2.75, 3.05) is 0 Å². The quantitative estimate of drug-likeness (QED) is 0.622. The van der Waals surface area contributed by atoms with E-state index in [1.54, 1.807) is 5.56 Å². The minimum absolute atomic E-state index is 0.841. The lowest BCUT2D eigenvalue weighted by molar-refractivity contribution is 0.304. The van der Waals surface area contributed by atoms with Crippen LogP contribution in [0.2, 0.25) is 0 Å². The van der Waals surface area contributed by atoms with Crippen molar-refractivity contribution in [2.45, 2.75) is 71.1 Å². The highest BCUT2D eigenvalue weighted by Crippen LogP contribution is 2.37. The first kappa shape index (κ1) is 13.6. The van der Waals surface area contributed by atoms with Crippen molar-refractivity contribution in [1.29, 1.82) is 0 Å². The number of hydrogen-bond donors (Lipinski definition) is 0. The third-order valence-corrected chi connectivity index (χ3v) is 4.67. The van der Waals surface area contributed by atoms with Crippen LogP contribution in [0.5, 0.6) is 0 Å². The summed E-state index contributed by atoms with van der Waals surface area (Å²) >= 11 is 0. The number of rotatable bonds is 5. The number of benzene rings is 1. The van der Waals surface area contributed by atoms with Crippen LogP contribution in [0.4, 0.5) is 0 Å². The summed E-state index contributed by atoms with van der Waals surface area (Å²) in [5.41, 5.74) is 3.05. The second kappa shape index (κ2) is 6.97. The first-order chi connectivity index (χ1) is 8.83. The van der Waals surface area contributed by atoms with E-state index in [1.165, 1.54) is 50.5 Å². The predicted molar refractivity (Wildman–Crippen MR) is 80.0 cm³/mol. The molecule has 1 aliphatic carbocycles. The highest BCUT2D eigenvalue weighted by atomic mass is 14.3. The fraction of sp³-hybridized carbons (Fsp3) is 0.667. The summed E-state index contributed by atoms with van der Waals surface area (Å²) < 4.78 is 0. The summed E-state index contributed by atoms with van der Waals surface area (Å²) in [6, 6.07) is 9.38. The third kappa shape index (κ3) is 3.60. The fourth-order valence-corrected chi connectivity index (χ4v) is 3.30. The van der Waals surface area contributed by atoms with E-state index in [1.807, 2.05) is 0 Å². The van der Waals surface area contributed by atoms with Crippen LogP contribution in [-0.2, 0) is 6.42 Å². The SMILES string of the molecule is CCCC[C@H]1CC[C@@H](c2ccc(CC)cc2)CC1. The van der Waals surface area contributed by atoms with E-state index < -0.39 is 0 Å². The summed E-state index contributed by atoms with van der Waals surface area (Å²) in [5, 5.41) is 0. The van der Waals surface area contributed by atoms with Crippen LogP contribution in [0.1, 0.15) is 75.8 Å². The van der Waals surface area contributed by atoms with Gasteiger partial charge in [0.05, 0.1) is 0 Å². The van der Waals surface area contributed by atoms with Crippen molar-refractivity contribution in [3.05, 3.63) is 35.4 Å². The molecule has 1 aromatic carbocycles. The van der Waals surface area contributed by atoms with Gasteiger partial charge in [0.15, 0.2) is 0 Å². The maximum Gasteiger partial charge on any atom is -0.0162 e. The largest absolute Gasteiger partial charge is 0.0654 e. The molecule has 0 heteroatoms. The van der Waals surface area contributed by atoms with Gasteiger partial charge in [-0.05, 0) is 55.1 Å². The molecule has 0 aliphatic heterocycles. The van der Waals surface area contributed by atoms with Gasteiger partial charge in [0.1, 0.15) is 0 Å². The van der Waals surface area contributed by atoms with Gasteiger partial charge in [0, 0.05) is 0 Å². The van der Waals surface area contributed by atoms with E-state index in [4.69, 9.17) is 0 Å². The molecule has 0 unspecified atom stereocenters. The van der Waals surface area contributed by atoms with E-state index >= 15 is 0 Å². The molecule has 0 nitrogen and oxygen atoms in total. The third-order valence-electron chi connectivity index (χ3n) is 4.67. The molecular weight excluding hydrogens is 216 g/mol. The summed E-state index contributed by atoms with van der Waals surface area (Å²) in [7, 11) is 0. The maximum absolute atomic E-state index is 2.37. The Bertz CT molecular complexity index is 328. The van der Waals surface area contributed by atoms with Crippen molar-refractivity contribution in [3.63, 3.8) is 0 Å². The molecule has 18 heavy (non-hydrogen) atoms. The lowest BCUT2D eigenvalue weighted by Crippen LogP contribution is -2.13. The molecule has 0 saturated heterocycles. The number of aryl methyl sites for hydroxylation is 1. The van der Waals surface area contributed by atoms with Crippen LogP contribution in [-0.4, -0.2) is 0 Å². The Hall–Kier alpha value is -0.780. The lowest BCUT2D eigenvalue weighted by Gasteiger charge is -2.28. The molecule has 1 fully saturated rings. The summed E-state index contributed by atoms with van der Waals surface area (Å²) in [6.45, 7) is 4.54. The molecule has 0 aromatic heterocycles. The van der Waals surface area contributed by atoms with Crippen LogP contribution in [0.25, 0.3) is 0 Å². The molecule has 0 amide bonds. The molecule has 0 spiro atoms. The Kier molecular flexibility index (Phi) is 5.28. The Morgan fingerprint density at radius 1 is 0.944 bits per heavy atom. The maximum atomic E-state index is 2.37. The van der Waals surface area contributed by atoms with Crippen molar-refractivity contribution < 1.29 is 0 Å². The molecule has 1 aliphatic rings. The van der Waals surface area contributed by atoms with Gasteiger partial charge in [0.25, 0.3) is 0 Å². The zero-order valence-electron chi connectivity index (χ0n) is 12.1. The van der Waals surface area contributed by atoms with Crippen LogP contribution < -0.4 is 0 Å². The normalized spacial score (nSPS) is 24.1. The van der Waals surface area contributed by atoms with Crippen molar-refractivity contribution >= 4 is 0 Å². The summed E-state index contributed by atoms with van der Waals surface area (Å²) in [6.07, 6.45) is 11.2. The zero-order valence-corrected chi connectivity index (χ0v) is 12.1. The Balaban J connectivity index is 1.84. The highest BCUT2D eigenvalue weighted by molar-refractivity contribution is 5.25. The fourth-order valence-electron chi connectivity index (χ4n) is 3.30. The second-order valence-electron chi connectivity index (χ2n) is 5.96. The molecule has 0 heterocycles. The lowest BCUT2D eigenvalue weighted by atomic mass is 9.77. The molecule has 1 saturated carbocycles. The van der Waals surface area contributed by atoms with E-state index in [2.05, 4.69) is 38.1 Å². The molecule has 0 N–H and O–H groups in total. The summed E-state index contributed by atoms with van der Waals surface area (Å²) in [4.78, 5) is 0. The Morgan fingerprint density at radius 2 is 1.61 bits per heavy atom. The van der Waals surface area contributed by atoms with Gasteiger partial charge in [-0.25, -0.2) is 0 Å². The smallest absolute Gasteiger partial charge is 0.0162 e. The topological polar surface area (TPSA) is 0 Å². The monoisotopic (exact) mass is 244 g/mol. The van der Waals surface area contributed by atoms with Crippen molar-refractivity contribution in [3.8, 4) is 0 Å². The average molecular weight is 244 g/mol. The van der Waals surface area contributed by atoms with Gasteiger partial charge in [-0.3, -0.25) is 0 Å². The average Bonchev–Trinajstić information content (AvgIpc) is 2.46. The Morgan fingerprint density at radius 3 is 2.17 bits per heavy atom. The molecule has 0 radical (unpaired) electrons. The van der Waals surface area contributed by atoms with E-state index in [9.17, 15) is 0 Å². The summed E-state index contributed by atoms with van der Waals surface area (Å²) in [5.74, 6) is 1.87. The first-order valence-corrected chi connectivity index (χ1v) is 7.92. The van der Waals surface area contributed by atoms with Crippen LogP contribution >= 0.6 is 0 Å². The molecule has 100 valence electrons. The van der Waals surface area contributed by atoms with Crippen LogP contribution in [0.15, 0.2) is 24.3 Å². The van der Waals surface area contributed by atoms with Gasteiger partial charge in [0.2, 0.25) is 0 Å². The zero-order chi connectivity index (χ0) is 12.8. The Labute approximate surface area is 113 Å². The van der Waals surface area contributed by atoms with Gasteiger partial charge in [-0.2, -0.15) is 0 Å². The highest BCUT2D eigenvalue weighted by Gasteiger charge is 2.21. The van der Waals surface area contributed by atoms with Gasteiger partial charge in [-0.1, -0.05) is 57.4 Å². The minimum Gasteiger partial charge on any atom is -0.0654 e.